The maximum absolute atomic E-state index is 12.4. The number of ether oxygens (including phenoxy) is 2. The second kappa shape index (κ2) is 9.98. The number of hydrogen-bond donors (Lipinski definition) is 2. The minimum atomic E-state index is -1.05. The molecule has 35 heavy (non-hydrogen) atoms. The number of rotatable bonds is 6. The lowest BCUT2D eigenvalue weighted by atomic mass is 9.98. The fourth-order valence-corrected chi connectivity index (χ4v) is 4.92. The van der Waals surface area contributed by atoms with E-state index in [9.17, 15) is 19.5 Å². The highest BCUT2D eigenvalue weighted by Gasteiger charge is 2.41. The molecule has 0 unspecified atom stereocenters. The second-order valence-electron chi connectivity index (χ2n) is 10.1. The maximum atomic E-state index is 12.4. The van der Waals surface area contributed by atoms with Gasteiger partial charge in [-0.2, -0.15) is 0 Å². The molecule has 8 heteroatoms. The van der Waals surface area contributed by atoms with Crippen LogP contribution in [0.3, 0.4) is 0 Å². The molecule has 1 fully saturated rings. The van der Waals surface area contributed by atoms with E-state index in [1.165, 1.54) is 16.0 Å². The van der Waals surface area contributed by atoms with Crippen molar-refractivity contribution in [3.63, 3.8) is 0 Å². The Morgan fingerprint density at radius 1 is 1.03 bits per heavy atom. The Hall–Kier alpha value is -3.55. The van der Waals surface area contributed by atoms with Crippen LogP contribution in [0.2, 0.25) is 0 Å². The smallest absolute Gasteiger partial charge is 0.411 e. The van der Waals surface area contributed by atoms with E-state index in [2.05, 4.69) is 29.6 Å². The van der Waals surface area contributed by atoms with Crippen LogP contribution in [-0.4, -0.2) is 59.5 Å². The highest BCUT2D eigenvalue weighted by molar-refractivity contribution is 5.81. The number of carboxylic acid groups (broad SMARTS) is 1. The summed E-state index contributed by atoms with van der Waals surface area (Å²) in [5.41, 5.74) is 3.93. The Balaban J connectivity index is 1.27. The summed E-state index contributed by atoms with van der Waals surface area (Å²) in [7, 11) is 0. The van der Waals surface area contributed by atoms with Crippen LogP contribution in [0.4, 0.5) is 9.59 Å². The van der Waals surface area contributed by atoms with Crippen LogP contribution in [0.15, 0.2) is 48.5 Å². The molecular formula is C27H32N2O6. The first-order chi connectivity index (χ1) is 16.6. The molecule has 2 amide bonds. The average Bonchev–Trinajstić information content (AvgIpc) is 3.37. The van der Waals surface area contributed by atoms with Gasteiger partial charge in [-0.1, -0.05) is 48.5 Å². The molecule has 1 aliphatic carbocycles. The van der Waals surface area contributed by atoms with Gasteiger partial charge in [0.25, 0.3) is 0 Å². The predicted molar refractivity (Wildman–Crippen MR) is 130 cm³/mol. The number of likely N-dealkylation sites (tertiary alicyclic amines) is 1. The van der Waals surface area contributed by atoms with Crippen molar-refractivity contribution in [2.75, 3.05) is 19.7 Å². The molecule has 8 nitrogen and oxygen atoms in total. The third-order valence-electron chi connectivity index (χ3n) is 6.47. The summed E-state index contributed by atoms with van der Waals surface area (Å²) < 4.78 is 10.9. The van der Waals surface area contributed by atoms with Gasteiger partial charge in [0, 0.05) is 19.0 Å². The monoisotopic (exact) mass is 480 g/mol. The van der Waals surface area contributed by atoms with Gasteiger partial charge in [0.1, 0.15) is 18.2 Å². The Kier molecular flexibility index (Phi) is 7.00. The van der Waals surface area contributed by atoms with Gasteiger partial charge in [0.15, 0.2) is 0 Å². The van der Waals surface area contributed by atoms with Crippen LogP contribution in [0.5, 0.6) is 0 Å². The molecular weight excluding hydrogens is 448 g/mol. The van der Waals surface area contributed by atoms with Crippen LogP contribution in [0.1, 0.15) is 50.7 Å². The molecule has 1 saturated heterocycles. The van der Waals surface area contributed by atoms with Gasteiger partial charge >= 0.3 is 18.2 Å². The highest BCUT2D eigenvalue weighted by atomic mass is 16.6. The molecule has 1 heterocycles. The van der Waals surface area contributed by atoms with Crippen LogP contribution >= 0.6 is 0 Å². The lowest BCUT2D eigenvalue weighted by Gasteiger charge is -2.26. The van der Waals surface area contributed by atoms with Crippen LogP contribution in [-0.2, 0) is 14.3 Å². The van der Waals surface area contributed by atoms with Gasteiger partial charge in [0.05, 0.1) is 0 Å². The van der Waals surface area contributed by atoms with Gasteiger partial charge in [-0.05, 0) is 61.8 Å². The number of carbonyl (C=O) groups is 3. The summed E-state index contributed by atoms with van der Waals surface area (Å²) in [6, 6.07) is 15.4. The highest BCUT2D eigenvalue weighted by Crippen LogP contribution is 2.44. The van der Waals surface area contributed by atoms with Gasteiger partial charge in [-0.15, -0.1) is 0 Å². The minimum absolute atomic E-state index is 0.0123. The molecule has 4 rings (SSSR count). The largest absolute Gasteiger partial charge is 0.480 e. The first-order valence-corrected chi connectivity index (χ1v) is 12.0. The summed E-state index contributed by atoms with van der Waals surface area (Å²) in [6.45, 7) is 6.07. The number of nitrogens with one attached hydrogen (secondary N) is 1. The lowest BCUT2D eigenvalue weighted by Crippen LogP contribution is -2.43. The van der Waals surface area contributed by atoms with E-state index in [0.29, 0.717) is 19.4 Å². The van der Waals surface area contributed by atoms with E-state index in [4.69, 9.17) is 9.47 Å². The standard InChI is InChI=1S/C27H32N2O6/c1-27(2,3)35-26(33)29-15-17(14-23(29)24(30)31)12-13-28-25(32)34-16-22-20-10-6-4-8-18(20)19-9-5-7-11-21(19)22/h4-11,17,22-23H,12-16H2,1-3H3,(H,28,32)(H,30,31)/t17-,23-/m0/s1. The predicted octanol–water partition coefficient (Wildman–Crippen LogP) is 4.63. The SMILES string of the molecule is CC(C)(C)OC(=O)N1C[C@@H](CCNC(=O)OCC2c3ccccc3-c3ccccc32)C[C@H]1C(=O)O. The summed E-state index contributed by atoms with van der Waals surface area (Å²) in [5.74, 6) is -1.12. The van der Waals surface area contributed by atoms with Crippen molar-refractivity contribution < 1.29 is 29.0 Å². The number of aliphatic carboxylic acids is 1. The van der Waals surface area contributed by atoms with Gasteiger partial charge in [-0.25, -0.2) is 14.4 Å². The molecule has 186 valence electrons. The Bertz CT molecular complexity index is 1060. The number of nitrogens with zero attached hydrogens (tertiary/aromatic N) is 1. The van der Waals surface area contributed by atoms with Gasteiger partial charge < -0.3 is 19.9 Å². The van der Waals surface area contributed by atoms with Crippen LogP contribution in [0.25, 0.3) is 11.1 Å². The topological polar surface area (TPSA) is 105 Å². The van der Waals surface area contributed by atoms with Crippen molar-refractivity contribution in [2.24, 2.45) is 5.92 Å². The average molecular weight is 481 g/mol. The molecule has 2 atom stereocenters. The summed E-state index contributed by atoms with van der Waals surface area (Å²) in [4.78, 5) is 37.8. The molecule has 2 N–H and O–H groups in total. The quantitative estimate of drug-likeness (QED) is 0.625. The summed E-state index contributed by atoms with van der Waals surface area (Å²) in [6.07, 6.45) is -0.283. The molecule has 0 bridgehead atoms. The van der Waals surface area contributed by atoms with E-state index in [1.807, 2.05) is 24.3 Å². The lowest BCUT2D eigenvalue weighted by molar-refractivity contribution is -0.142. The van der Waals surface area contributed by atoms with Crippen molar-refractivity contribution in [3.8, 4) is 11.1 Å². The van der Waals surface area contributed by atoms with Crippen molar-refractivity contribution >= 4 is 18.2 Å². The molecule has 0 saturated carbocycles. The molecule has 2 aliphatic rings. The fraction of sp³-hybridized carbons (Fsp3) is 0.444. The van der Waals surface area contributed by atoms with E-state index in [0.717, 1.165) is 11.1 Å². The molecule has 0 aromatic heterocycles. The van der Waals surface area contributed by atoms with Gasteiger partial charge in [0.2, 0.25) is 0 Å². The van der Waals surface area contributed by atoms with Crippen molar-refractivity contribution in [1.29, 1.82) is 0 Å². The molecule has 2 aromatic carbocycles. The third-order valence-corrected chi connectivity index (χ3v) is 6.47. The fourth-order valence-electron chi connectivity index (χ4n) is 4.92. The van der Waals surface area contributed by atoms with Crippen LogP contribution in [0, 0.1) is 5.92 Å². The van der Waals surface area contributed by atoms with Crippen molar-refractivity contribution in [1.82, 2.24) is 10.2 Å². The zero-order valence-electron chi connectivity index (χ0n) is 20.3. The molecule has 2 aromatic rings. The molecule has 0 spiro atoms. The van der Waals surface area contributed by atoms with Gasteiger partial charge in [-0.3, -0.25) is 4.90 Å². The van der Waals surface area contributed by atoms with E-state index >= 15 is 0 Å². The van der Waals surface area contributed by atoms with E-state index in [-0.39, 0.29) is 25.0 Å². The second-order valence-corrected chi connectivity index (χ2v) is 10.1. The number of amides is 2. The zero-order valence-corrected chi connectivity index (χ0v) is 20.3. The minimum Gasteiger partial charge on any atom is -0.480 e. The van der Waals surface area contributed by atoms with Crippen LogP contribution < -0.4 is 5.32 Å². The summed E-state index contributed by atoms with van der Waals surface area (Å²) >= 11 is 0. The van der Waals surface area contributed by atoms with E-state index in [1.54, 1.807) is 20.8 Å². The number of hydrogen-bond acceptors (Lipinski definition) is 5. The Morgan fingerprint density at radius 3 is 2.20 bits per heavy atom. The normalized spacial score (nSPS) is 19.1. The number of benzene rings is 2. The number of carbonyl (C=O) groups excluding carboxylic acids is 2. The first-order valence-electron chi connectivity index (χ1n) is 12.0. The Labute approximate surface area is 205 Å². The molecule has 0 radical (unpaired) electrons. The Morgan fingerprint density at radius 2 is 1.63 bits per heavy atom. The van der Waals surface area contributed by atoms with Crippen molar-refractivity contribution in [3.05, 3.63) is 59.7 Å². The number of fused-ring (bicyclic) bond motifs is 3. The zero-order chi connectivity index (χ0) is 25.2. The maximum Gasteiger partial charge on any atom is 0.411 e. The number of carboxylic acids is 1. The summed E-state index contributed by atoms with van der Waals surface area (Å²) in [5, 5.41) is 12.3. The molecule has 1 aliphatic heterocycles. The number of alkyl carbamates (subject to hydrolysis) is 1. The van der Waals surface area contributed by atoms with E-state index < -0.39 is 29.8 Å². The van der Waals surface area contributed by atoms with Crippen molar-refractivity contribution in [2.45, 2.75) is 51.2 Å². The first kappa shape index (κ1) is 24.6. The third kappa shape index (κ3) is 5.58.